The predicted octanol–water partition coefficient (Wildman–Crippen LogP) is 2.28. The van der Waals surface area contributed by atoms with Gasteiger partial charge in [-0.2, -0.15) is 4.31 Å². The topological polar surface area (TPSA) is 63.4 Å². The van der Waals surface area contributed by atoms with Crippen LogP contribution in [-0.2, 0) is 10.0 Å². The Bertz CT molecular complexity index is 596. The van der Waals surface area contributed by atoms with Crippen LogP contribution in [0.4, 0.5) is 8.78 Å². The molecule has 1 fully saturated rings. The molecule has 8 heteroatoms. The van der Waals surface area contributed by atoms with E-state index >= 15 is 0 Å². The molecule has 21 heavy (non-hydrogen) atoms. The van der Waals surface area contributed by atoms with E-state index in [1.807, 2.05) is 0 Å². The molecule has 120 valence electrons. The Labute approximate surface area is 129 Å². The molecule has 1 aliphatic heterocycles. The smallest absolute Gasteiger partial charge is 0.246 e. The fraction of sp³-hybridized carbons (Fsp3) is 0.538. The minimum Gasteiger partial charge on any atom is -0.326 e. The number of nitrogens with two attached hydrogens (primary N) is 1. The van der Waals surface area contributed by atoms with Crippen molar-refractivity contribution >= 4 is 22.4 Å². The van der Waals surface area contributed by atoms with Crippen LogP contribution in [0.3, 0.4) is 0 Å². The highest BCUT2D eigenvalue weighted by atomic mass is 35.5. The highest BCUT2D eigenvalue weighted by molar-refractivity contribution is 7.89. The molecule has 1 aromatic rings. The quantitative estimate of drug-likeness (QED) is 0.918. The fourth-order valence-corrected chi connectivity index (χ4v) is 4.39. The van der Waals surface area contributed by atoms with Crippen molar-refractivity contribution in [2.24, 2.45) is 5.73 Å². The maximum Gasteiger partial charge on any atom is 0.246 e. The van der Waals surface area contributed by atoms with Gasteiger partial charge in [0.25, 0.3) is 0 Å². The van der Waals surface area contributed by atoms with Crippen molar-refractivity contribution in [2.75, 3.05) is 6.54 Å². The molecule has 2 unspecified atom stereocenters. The SMILES string of the molecule is CC(N)C1CCCCN1S(=O)(=O)c1ccc(F)cc1F.Cl. The maximum absolute atomic E-state index is 13.8. The van der Waals surface area contributed by atoms with E-state index in [2.05, 4.69) is 0 Å². The zero-order chi connectivity index (χ0) is 14.9. The van der Waals surface area contributed by atoms with E-state index < -0.39 is 26.6 Å². The maximum atomic E-state index is 13.8. The molecule has 2 rings (SSSR count). The van der Waals surface area contributed by atoms with Crippen molar-refractivity contribution in [3.05, 3.63) is 29.8 Å². The Kier molecular flexibility index (Phi) is 6.10. The molecule has 0 radical (unpaired) electrons. The summed E-state index contributed by atoms with van der Waals surface area (Å²) in [7, 11) is -3.99. The molecule has 2 atom stereocenters. The van der Waals surface area contributed by atoms with E-state index in [9.17, 15) is 17.2 Å². The van der Waals surface area contributed by atoms with Crippen molar-refractivity contribution in [3.8, 4) is 0 Å². The van der Waals surface area contributed by atoms with Gasteiger partial charge in [0.15, 0.2) is 0 Å². The van der Waals surface area contributed by atoms with E-state index in [0.29, 0.717) is 25.5 Å². The van der Waals surface area contributed by atoms with Crippen LogP contribution < -0.4 is 5.73 Å². The molecule has 0 aromatic heterocycles. The molecular weight excluding hydrogens is 322 g/mol. The number of halogens is 3. The van der Waals surface area contributed by atoms with Gasteiger partial charge in [0, 0.05) is 24.7 Å². The molecule has 1 saturated heterocycles. The van der Waals surface area contributed by atoms with Crippen molar-refractivity contribution in [3.63, 3.8) is 0 Å². The average molecular weight is 341 g/mol. The lowest BCUT2D eigenvalue weighted by molar-refractivity contribution is 0.226. The summed E-state index contributed by atoms with van der Waals surface area (Å²) in [5.41, 5.74) is 5.83. The van der Waals surface area contributed by atoms with E-state index in [1.54, 1.807) is 6.92 Å². The first-order chi connectivity index (χ1) is 9.34. The van der Waals surface area contributed by atoms with Crippen molar-refractivity contribution in [1.29, 1.82) is 0 Å². The van der Waals surface area contributed by atoms with Gasteiger partial charge in [0.05, 0.1) is 0 Å². The summed E-state index contributed by atoms with van der Waals surface area (Å²) in [6, 6.07) is 1.80. The van der Waals surface area contributed by atoms with Crippen molar-refractivity contribution in [1.82, 2.24) is 4.31 Å². The molecule has 2 N–H and O–H groups in total. The zero-order valence-electron chi connectivity index (χ0n) is 11.6. The summed E-state index contributed by atoms with van der Waals surface area (Å²) in [6.45, 7) is 2.05. The molecule has 0 aliphatic carbocycles. The molecule has 0 saturated carbocycles. The summed E-state index contributed by atoms with van der Waals surface area (Å²) in [5.74, 6) is -1.87. The average Bonchev–Trinajstić information content (AvgIpc) is 2.38. The summed E-state index contributed by atoms with van der Waals surface area (Å²) >= 11 is 0. The predicted molar refractivity (Wildman–Crippen MR) is 78.8 cm³/mol. The van der Waals surface area contributed by atoms with Gasteiger partial charge in [-0.15, -0.1) is 12.4 Å². The third-order valence-electron chi connectivity index (χ3n) is 3.59. The Morgan fingerprint density at radius 1 is 1.33 bits per heavy atom. The van der Waals surface area contributed by atoms with Crippen LogP contribution in [0.25, 0.3) is 0 Å². The molecule has 0 bridgehead atoms. The molecular formula is C13H19ClF2N2O2S. The highest BCUT2D eigenvalue weighted by Crippen LogP contribution is 2.28. The van der Waals surface area contributed by atoms with Gasteiger partial charge in [0.2, 0.25) is 10.0 Å². The van der Waals surface area contributed by atoms with Crippen LogP contribution in [0.2, 0.25) is 0 Å². The molecule has 4 nitrogen and oxygen atoms in total. The monoisotopic (exact) mass is 340 g/mol. The number of rotatable bonds is 3. The van der Waals surface area contributed by atoms with Crippen molar-refractivity contribution < 1.29 is 17.2 Å². The minimum atomic E-state index is -3.99. The van der Waals surface area contributed by atoms with Gasteiger partial charge in [-0.25, -0.2) is 17.2 Å². The van der Waals surface area contributed by atoms with Gasteiger partial charge < -0.3 is 5.73 Å². The van der Waals surface area contributed by atoms with Gasteiger partial charge in [-0.1, -0.05) is 6.42 Å². The number of benzene rings is 1. The second-order valence-electron chi connectivity index (χ2n) is 5.11. The van der Waals surface area contributed by atoms with Crippen LogP contribution in [-0.4, -0.2) is 31.4 Å². The van der Waals surface area contributed by atoms with E-state index in [1.165, 1.54) is 4.31 Å². The van der Waals surface area contributed by atoms with Crippen molar-refractivity contribution in [2.45, 2.75) is 43.2 Å². The van der Waals surface area contributed by atoms with Crippen LogP contribution in [0.15, 0.2) is 23.1 Å². The molecule has 0 spiro atoms. The number of hydrogen-bond donors (Lipinski definition) is 1. The van der Waals surface area contributed by atoms with Gasteiger partial charge in [0.1, 0.15) is 16.5 Å². The number of sulfonamides is 1. The standard InChI is InChI=1S/C13H18F2N2O2S.ClH/c1-9(16)12-4-2-3-7-17(12)20(18,19)13-6-5-10(14)8-11(13)15;/h5-6,8-9,12H,2-4,7,16H2,1H3;1H. The second kappa shape index (κ2) is 7.00. The van der Waals surface area contributed by atoms with Gasteiger partial charge >= 0.3 is 0 Å². The second-order valence-corrected chi connectivity index (χ2v) is 6.97. The zero-order valence-corrected chi connectivity index (χ0v) is 13.3. The van der Waals surface area contributed by atoms with Crippen LogP contribution in [0.5, 0.6) is 0 Å². The van der Waals surface area contributed by atoms with Crippen LogP contribution in [0, 0.1) is 11.6 Å². The van der Waals surface area contributed by atoms with Gasteiger partial charge in [-0.05, 0) is 31.9 Å². The summed E-state index contributed by atoms with van der Waals surface area (Å²) in [5, 5.41) is 0. The molecule has 1 aromatic carbocycles. The van der Waals surface area contributed by atoms with E-state index in [4.69, 9.17) is 5.73 Å². The third kappa shape index (κ3) is 3.71. The highest BCUT2D eigenvalue weighted by Gasteiger charge is 2.36. The first-order valence-corrected chi connectivity index (χ1v) is 8.00. The Morgan fingerprint density at radius 3 is 2.57 bits per heavy atom. The normalized spacial score (nSPS) is 21.6. The first-order valence-electron chi connectivity index (χ1n) is 6.56. The van der Waals surface area contributed by atoms with E-state index in [-0.39, 0.29) is 24.5 Å². The summed E-state index contributed by atoms with van der Waals surface area (Å²) in [6.07, 6.45) is 2.26. The van der Waals surface area contributed by atoms with Gasteiger partial charge in [-0.3, -0.25) is 0 Å². The Hall–Kier alpha value is -0.760. The van der Waals surface area contributed by atoms with E-state index in [0.717, 1.165) is 18.6 Å². The number of piperidine rings is 1. The third-order valence-corrected chi connectivity index (χ3v) is 5.54. The molecule has 1 aliphatic rings. The number of nitrogens with zero attached hydrogens (tertiary/aromatic N) is 1. The Morgan fingerprint density at radius 2 is 2.00 bits per heavy atom. The minimum absolute atomic E-state index is 0. The van der Waals surface area contributed by atoms with Crippen LogP contribution >= 0.6 is 12.4 Å². The van der Waals surface area contributed by atoms with Crippen LogP contribution in [0.1, 0.15) is 26.2 Å². The lowest BCUT2D eigenvalue weighted by atomic mass is 10.00. The largest absolute Gasteiger partial charge is 0.326 e. The summed E-state index contributed by atoms with van der Waals surface area (Å²) < 4.78 is 53.0. The lowest BCUT2D eigenvalue weighted by Crippen LogP contribution is -2.51. The fourth-order valence-electron chi connectivity index (χ4n) is 2.57. The first kappa shape index (κ1) is 18.3. The molecule has 0 amide bonds. The Balaban J connectivity index is 0.00000220. The molecule has 1 heterocycles. The lowest BCUT2D eigenvalue weighted by Gasteiger charge is -2.36. The number of hydrogen-bond acceptors (Lipinski definition) is 3. The summed E-state index contributed by atoms with van der Waals surface area (Å²) in [4.78, 5) is -0.494.